The van der Waals surface area contributed by atoms with Crippen LogP contribution in [0.2, 0.25) is 0 Å². The Balaban J connectivity index is 1.51. The molecule has 1 aromatic carbocycles. The Morgan fingerprint density at radius 2 is 1.91 bits per heavy atom. The molecule has 172 valence electrons. The number of ether oxygens (including phenoxy) is 1. The van der Waals surface area contributed by atoms with Crippen molar-refractivity contribution < 1.29 is 23.9 Å². The second-order valence-corrected chi connectivity index (χ2v) is 9.65. The van der Waals surface area contributed by atoms with E-state index in [0.717, 1.165) is 31.2 Å². The molecule has 3 aliphatic rings. The summed E-state index contributed by atoms with van der Waals surface area (Å²) in [6.45, 7) is 1.82. The van der Waals surface area contributed by atoms with E-state index in [2.05, 4.69) is 10.6 Å². The Morgan fingerprint density at radius 3 is 2.56 bits per heavy atom. The van der Waals surface area contributed by atoms with Gasteiger partial charge in [-0.05, 0) is 55.9 Å². The van der Waals surface area contributed by atoms with E-state index in [9.17, 15) is 19.2 Å². The number of hydrogen-bond donors (Lipinski definition) is 2. The SMILES string of the molecule is CSCCC(C(=O)NC(C)c1ccc2c(c1)NC(=O)CO2)N1C(=O)C2CCCCC2C1=O. The van der Waals surface area contributed by atoms with Crippen molar-refractivity contribution in [2.24, 2.45) is 11.8 Å². The Hall–Kier alpha value is -2.55. The highest BCUT2D eigenvalue weighted by Crippen LogP contribution is 2.39. The maximum atomic E-state index is 13.3. The van der Waals surface area contributed by atoms with Gasteiger partial charge in [-0.25, -0.2) is 0 Å². The Labute approximate surface area is 191 Å². The number of nitrogens with zero attached hydrogens (tertiary/aromatic N) is 1. The lowest BCUT2D eigenvalue weighted by Gasteiger charge is -2.28. The molecular weight excluding hydrogens is 430 g/mol. The van der Waals surface area contributed by atoms with Crippen LogP contribution in [0.3, 0.4) is 0 Å². The molecule has 0 spiro atoms. The standard InChI is InChI=1S/C23H29N3O5S/c1-13(14-7-8-19-17(11-14)25-20(27)12-31-19)24-21(28)18(9-10-32-2)26-22(29)15-5-3-4-6-16(15)23(26)30/h7-8,11,13,15-16,18H,3-6,9-10,12H2,1-2H3,(H,24,28)(H,25,27). The molecule has 32 heavy (non-hydrogen) atoms. The van der Waals surface area contributed by atoms with Gasteiger partial charge < -0.3 is 15.4 Å². The Kier molecular flexibility index (Phi) is 6.74. The third-order valence-electron chi connectivity index (χ3n) is 6.58. The van der Waals surface area contributed by atoms with Crippen molar-refractivity contribution in [3.05, 3.63) is 23.8 Å². The zero-order valence-electron chi connectivity index (χ0n) is 18.4. The maximum absolute atomic E-state index is 13.3. The minimum Gasteiger partial charge on any atom is -0.482 e. The van der Waals surface area contributed by atoms with Gasteiger partial charge in [-0.15, -0.1) is 0 Å². The topological polar surface area (TPSA) is 105 Å². The van der Waals surface area contributed by atoms with Gasteiger partial charge in [0.15, 0.2) is 6.61 Å². The number of fused-ring (bicyclic) bond motifs is 2. The van der Waals surface area contributed by atoms with E-state index in [1.165, 1.54) is 4.90 Å². The summed E-state index contributed by atoms with van der Waals surface area (Å²) < 4.78 is 5.39. The largest absolute Gasteiger partial charge is 0.482 e. The summed E-state index contributed by atoms with van der Waals surface area (Å²) in [5.41, 5.74) is 1.35. The summed E-state index contributed by atoms with van der Waals surface area (Å²) in [5.74, 6) is -0.239. The van der Waals surface area contributed by atoms with E-state index in [0.29, 0.717) is 23.6 Å². The molecular formula is C23H29N3O5S. The quantitative estimate of drug-likeness (QED) is 0.607. The van der Waals surface area contributed by atoms with Crippen LogP contribution in [0.5, 0.6) is 5.75 Å². The van der Waals surface area contributed by atoms with Crippen LogP contribution in [-0.2, 0) is 19.2 Å². The summed E-state index contributed by atoms with van der Waals surface area (Å²) in [7, 11) is 0. The molecule has 4 amide bonds. The fourth-order valence-electron chi connectivity index (χ4n) is 4.87. The van der Waals surface area contributed by atoms with Crippen molar-refractivity contribution in [2.45, 2.75) is 51.1 Å². The van der Waals surface area contributed by atoms with Crippen molar-refractivity contribution in [2.75, 3.05) is 23.9 Å². The normalized spacial score (nSPS) is 24.2. The van der Waals surface area contributed by atoms with Gasteiger partial charge in [0.25, 0.3) is 5.91 Å². The first-order valence-corrected chi connectivity index (χ1v) is 12.5. The minimum atomic E-state index is -0.809. The number of hydrogen-bond acceptors (Lipinski definition) is 6. The lowest BCUT2D eigenvalue weighted by molar-refractivity contribution is -0.148. The zero-order chi connectivity index (χ0) is 22.8. The molecule has 2 heterocycles. The molecule has 1 aromatic rings. The second-order valence-electron chi connectivity index (χ2n) is 8.66. The number of likely N-dealkylation sites (tertiary alicyclic amines) is 1. The number of anilines is 1. The van der Waals surface area contributed by atoms with E-state index < -0.39 is 6.04 Å². The lowest BCUT2D eigenvalue weighted by atomic mass is 9.81. The monoisotopic (exact) mass is 459 g/mol. The number of thioether (sulfide) groups is 1. The fourth-order valence-corrected chi connectivity index (χ4v) is 5.32. The van der Waals surface area contributed by atoms with Crippen molar-refractivity contribution >= 4 is 41.1 Å². The number of carbonyl (C=O) groups excluding carboxylic acids is 4. The smallest absolute Gasteiger partial charge is 0.262 e. The van der Waals surface area contributed by atoms with Crippen molar-refractivity contribution in [3.8, 4) is 5.75 Å². The average molecular weight is 460 g/mol. The predicted octanol–water partition coefficient (Wildman–Crippen LogP) is 2.49. The van der Waals surface area contributed by atoms with Crippen LogP contribution in [0.25, 0.3) is 0 Å². The van der Waals surface area contributed by atoms with E-state index in [1.807, 2.05) is 19.2 Å². The summed E-state index contributed by atoms with van der Waals surface area (Å²) >= 11 is 1.58. The number of carbonyl (C=O) groups is 4. The molecule has 4 rings (SSSR count). The highest BCUT2D eigenvalue weighted by atomic mass is 32.2. The molecule has 0 aromatic heterocycles. The number of amides is 4. The molecule has 9 heteroatoms. The molecule has 1 aliphatic carbocycles. The summed E-state index contributed by atoms with van der Waals surface area (Å²) in [6, 6.07) is 4.18. The van der Waals surface area contributed by atoms with Crippen LogP contribution < -0.4 is 15.4 Å². The molecule has 0 bridgehead atoms. The third-order valence-corrected chi connectivity index (χ3v) is 7.22. The summed E-state index contributed by atoms with van der Waals surface area (Å²) in [4.78, 5) is 52.3. The van der Waals surface area contributed by atoms with E-state index >= 15 is 0 Å². The van der Waals surface area contributed by atoms with Gasteiger partial charge in [-0.3, -0.25) is 24.1 Å². The van der Waals surface area contributed by atoms with E-state index in [-0.39, 0.29) is 48.1 Å². The molecule has 4 unspecified atom stereocenters. The van der Waals surface area contributed by atoms with Gasteiger partial charge in [0.1, 0.15) is 11.8 Å². The molecule has 2 aliphatic heterocycles. The van der Waals surface area contributed by atoms with Crippen LogP contribution in [0.1, 0.15) is 50.6 Å². The van der Waals surface area contributed by atoms with Crippen LogP contribution >= 0.6 is 11.8 Å². The van der Waals surface area contributed by atoms with Crippen LogP contribution in [-0.4, -0.2) is 53.2 Å². The Morgan fingerprint density at radius 1 is 1.22 bits per heavy atom. The number of nitrogens with one attached hydrogen (secondary N) is 2. The van der Waals surface area contributed by atoms with Gasteiger partial charge >= 0.3 is 0 Å². The second kappa shape index (κ2) is 9.52. The zero-order valence-corrected chi connectivity index (χ0v) is 19.2. The van der Waals surface area contributed by atoms with Crippen molar-refractivity contribution in [3.63, 3.8) is 0 Å². The summed E-state index contributed by atoms with van der Waals surface area (Å²) in [6.07, 6.45) is 5.71. The maximum Gasteiger partial charge on any atom is 0.262 e. The highest BCUT2D eigenvalue weighted by molar-refractivity contribution is 7.98. The van der Waals surface area contributed by atoms with Gasteiger partial charge in [0, 0.05) is 0 Å². The number of rotatable bonds is 7. The molecule has 0 radical (unpaired) electrons. The molecule has 4 atom stereocenters. The van der Waals surface area contributed by atoms with Gasteiger partial charge in [-0.2, -0.15) is 11.8 Å². The number of imide groups is 1. The van der Waals surface area contributed by atoms with Crippen molar-refractivity contribution in [1.82, 2.24) is 10.2 Å². The van der Waals surface area contributed by atoms with Gasteiger partial charge in [0.05, 0.1) is 23.6 Å². The van der Waals surface area contributed by atoms with Crippen LogP contribution in [0, 0.1) is 11.8 Å². The first-order valence-electron chi connectivity index (χ1n) is 11.1. The van der Waals surface area contributed by atoms with Crippen LogP contribution in [0.4, 0.5) is 5.69 Å². The summed E-state index contributed by atoms with van der Waals surface area (Å²) in [5, 5.41) is 5.74. The van der Waals surface area contributed by atoms with E-state index in [4.69, 9.17) is 4.74 Å². The number of benzene rings is 1. The first kappa shape index (κ1) is 22.6. The molecule has 8 nitrogen and oxygen atoms in total. The Bertz CT molecular complexity index is 912. The average Bonchev–Trinajstić information content (AvgIpc) is 3.04. The third kappa shape index (κ3) is 4.35. The molecule has 2 fully saturated rings. The van der Waals surface area contributed by atoms with Gasteiger partial charge in [-0.1, -0.05) is 18.9 Å². The highest BCUT2D eigenvalue weighted by Gasteiger charge is 2.51. The van der Waals surface area contributed by atoms with Crippen LogP contribution in [0.15, 0.2) is 18.2 Å². The van der Waals surface area contributed by atoms with Crippen molar-refractivity contribution in [1.29, 1.82) is 0 Å². The van der Waals surface area contributed by atoms with E-state index in [1.54, 1.807) is 23.9 Å². The molecule has 1 saturated heterocycles. The molecule has 2 N–H and O–H groups in total. The fraction of sp³-hybridized carbons (Fsp3) is 0.565. The predicted molar refractivity (Wildman–Crippen MR) is 121 cm³/mol. The first-order chi connectivity index (χ1) is 15.4. The van der Waals surface area contributed by atoms with Gasteiger partial charge in [0.2, 0.25) is 17.7 Å². The molecule has 1 saturated carbocycles. The lowest BCUT2D eigenvalue weighted by Crippen LogP contribution is -2.50. The minimum absolute atomic E-state index is 0.0182.